The molecule has 1 aliphatic heterocycles. The number of amides is 1. The smallest absolute Gasteiger partial charge is 0.221 e. The summed E-state index contributed by atoms with van der Waals surface area (Å²) in [6.45, 7) is 6.45. The zero-order chi connectivity index (χ0) is 18.6. The summed E-state index contributed by atoms with van der Waals surface area (Å²) in [4.78, 5) is 18.5. The molecule has 2 rings (SSSR count). The minimum absolute atomic E-state index is 0.0778. The van der Waals surface area contributed by atoms with Crippen molar-refractivity contribution in [2.75, 3.05) is 39.8 Å². The molecule has 0 aromatic heterocycles. The fourth-order valence-electron chi connectivity index (χ4n) is 3.25. The number of likely N-dealkylation sites (tertiary alicyclic amines) is 1. The number of aliphatic imine (C=N–C) groups is 1. The van der Waals surface area contributed by atoms with Crippen molar-refractivity contribution in [3.8, 4) is 0 Å². The molecular formula is C20H33N5O. The van der Waals surface area contributed by atoms with Gasteiger partial charge in [-0.1, -0.05) is 37.3 Å². The number of rotatable bonds is 9. The Kier molecular flexibility index (Phi) is 8.96. The van der Waals surface area contributed by atoms with Crippen molar-refractivity contribution < 1.29 is 4.79 Å². The standard InChI is InChI=1S/C20H33N5O/c1-3-12-22-19(26)11-13-23-20(21-2)24-16-18(25-14-7-8-15-25)17-9-5-4-6-10-17/h4-6,9-10,18H,3,7-8,11-16H2,1-2H3,(H,22,26)(H2,21,23,24). The Morgan fingerprint density at radius 3 is 2.50 bits per heavy atom. The first-order chi connectivity index (χ1) is 12.7. The molecule has 1 aromatic carbocycles. The minimum atomic E-state index is 0.0778. The van der Waals surface area contributed by atoms with Crippen molar-refractivity contribution in [3.63, 3.8) is 0 Å². The molecule has 1 amide bonds. The van der Waals surface area contributed by atoms with Crippen molar-refractivity contribution in [2.45, 2.75) is 38.6 Å². The zero-order valence-corrected chi connectivity index (χ0v) is 16.1. The second-order valence-electron chi connectivity index (χ2n) is 6.65. The number of carbonyl (C=O) groups excluding carboxylic acids is 1. The van der Waals surface area contributed by atoms with Gasteiger partial charge in [-0.2, -0.15) is 0 Å². The van der Waals surface area contributed by atoms with E-state index in [1.165, 1.54) is 18.4 Å². The molecule has 0 saturated carbocycles. The SMILES string of the molecule is CCCNC(=O)CCNC(=NC)NCC(c1ccccc1)N1CCCC1. The van der Waals surface area contributed by atoms with Gasteiger partial charge in [-0.3, -0.25) is 14.7 Å². The Bertz CT molecular complexity index is 555. The van der Waals surface area contributed by atoms with E-state index in [-0.39, 0.29) is 5.91 Å². The number of guanidine groups is 1. The topological polar surface area (TPSA) is 68.8 Å². The van der Waals surface area contributed by atoms with Gasteiger partial charge in [0.15, 0.2) is 5.96 Å². The second-order valence-corrected chi connectivity index (χ2v) is 6.65. The Hall–Kier alpha value is -2.08. The van der Waals surface area contributed by atoms with Crippen molar-refractivity contribution in [3.05, 3.63) is 35.9 Å². The molecule has 0 radical (unpaired) electrons. The molecule has 1 aliphatic rings. The summed E-state index contributed by atoms with van der Waals surface area (Å²) in [6.07, 6.45) is 3.95. The molecular weight excluding hydrogens is 326 g/mol. The third-order valence-corrected chi connectivity index (χ3v) is 4.67. The maximum absolute atomic E-state index is 11.7. The van der Waals surface area contributed by atoms with Crippen LogP contribution in [0.1, 0.15) is 44.2 Å². The highest BCUT2D eigenvalue weighted by Crippen LogP contribution is 2.24. The van der Waals surface area contributed by atoms with Gasteiger partial charge >= 0.3 is 0 Å². The molecule has 1 saturated heterocycles. The third kappa shape index (κ3) is 6.67. The predicted octanol–water partition coefficient (Wildman–Crippen LogP) is 1.90. The molecule has 1 atom stereocenters. The summed E-state index contributed by atoms with van der Waals surface area (Å²) in [5, 5.41) is 9.55. The van der Waals surface area contributed by atoms with Crippen molar-refractivity contribution in [1.82, 2.24) is 20.9 Å². The maximum Gasteiger partial charge on any atom is 0.221 e. The third-order valence-electron chi connectivity index (χ3n) is 4.67. The van der Waals surface area contributed by atoms with E-state index in [2.05, 4.69) is 56.2 Å². The molecule has 1 unspecified atom stereocenters. The van der Waals surface area contributed by atoms with E-state index in [0.29, 0.717) is 19.0 Å². The average Bonchev–Trinajstić information content (AvgIpc) is 3.20. The van der Waals surface area contributed by atoms with Crippen LogP contribution in [0.5, 0.6) is 0 Å². The quantitative estimate of drug-likeness (QED) is 0.465. The van der Waals surface area contributed by atoms with E-state index < -0.39 is 0 Å². The van der Waals surface area contributed by atoms with Gasteiger partial charge in [0.25, 0.3) is 0 Å². The number of hydrogen-bond acceptors (Lipinski definition) is 3. The number of nitrogens with one attached hydrogen (secondary N) is 3. The molecule has 0 aliphatic carbocycles. The molecule has 144 valence electrons. The minimum Gasteiger partial charge on any atom is -0.356 e. The summed E-state index contributed by atoms with van der Waals surface area (Å²) in [5.41, 5.74) is 1.33. The fourth-order valence-corrected chi connectivity index (χ4v) is 3.25. The molecule has 0 bridgehead atoms. The summed E-state index contributed by atoms with van der Waals surface area (Å²) < 4.78 is 0. The largest absolute Gasteiger partial charge is 0.356 e. The molecule has 6 heteroatoms. The Morgan fingerprint density at radius 1 is 1.12 bits per heavy atom. The zero-order valence-electron chi connectivity index (χ0n) is 16.1. The molecule has 1 heterocycles. The Morgan fingerprint density at radius 2 is 1.85 bits per heavy atom. The van der Waals surface area contributed by atoms with Crippen LogP contribution in [0.15, 0.2) is 35.3 Å². The summed E-state index contributed by atoms with van der Waals surface area (Å²) >= 11 is 0. The van der Waals surface area contributed by atoms with Crippen LogP contribution in [0.25, 0.3) is 0 Å². The molecule has 26 heavy (non-hydrogen) atoms. The van der Waals surface area contributed by atoms with Crippen LogP contribution in [-0.4, -0.2) is 56.5 Å². The first kappa shape index (κ1) is 20.2. The molecule has 0 spiro atoms. The summed E-state index contributed by atoms with van der Waals surface area (Å²) in [6, 6.07) is 11.0. The summed E-state index contributed by atoms with van der Waals surface area (Å²) in [5.74, 6) is 0.822. The van der Waals surface area contributed by atoms with Gasteiger partial charge in [-0.05, 0) is 37.9 Å². The first-order valence-corrected chi connectivity index (χ1v) is 9.74. The highest BCUT2D eigenvalue weighted by atomic mass is 16.1. The lowest BCUT2D eigenvalue weighted by Gasteiger charge is -2.29. The van der Waals surface area contributed by atoms with Gasteiger partial charge in [0, 0.05) is 33.1 Å². The number of benzene rings is 1. The van der Waals surface area contributed by atoms with E-state index in [9.17, 15) is 4.79 Å². The van der Waals surface area contributed by atoms with Crippen molar-refractivity contribution in [1.29, 1.82) is 0 Å². The van der Waals surface area contributed by atoms with Crippen LogP contribution in [0.2, 0.25) is 0 Å². The summed E-state index contributed by atoms with van der Waals surface area (Å²) in [7, 11) is 1.76. The first-order valence-electron chi connectivity index (χ1n) is 9.74. The van der Waals surface area contributed by atoms with Gasteiger partial charge in [0.1, 0.15) is 0 Å². The average molecular weight is 360 g/mol. The normalized spacial score (nSPS) is 16.3. The van der Waals surface area contributed by atoms with Gasteiger partial charge in [-0.25, -0.2) is 0 Å². The maximum atomic E-state index is 11.7. The van der Waals surface area contributed by atoms with Crippen LogP contribution >= 0.6 is 0 Å². The van der Waals surface area contributed by atoms with Crippen molar-refractivity contribution >= 4 is 11.9 Å². The van der Waals surface area contributed by atoms with Crippen LogP contribution in [-0.2, 0) is 4.79 Å². The number of carbonyl (C=O) groups is 1. The van der Waals surface area contributed by atoms with Gasteiger partial charge in [0.05, 0.1) is 6.04 Å². The van der Waals surface area contributed by atoms with Gasteiger partial charge < -0.3 is 16.0 Å². The Balaban J connectivity index is 1.83. The number of nitrogens with zero attached hydrogens (tertiary/aromatic N) is 2. The van der Waals surface area contributed by atoms with Crippen LogP contribution in [0.4, 0.5) is 0 Å². The van der Waals surface area contributed by atoms with E-state index in [0.717, 1.165) is 38.6 Å². The van der Waals surface area contributed by atoms with Gasteiger partial charge in [0.2, 0.25) is 5.91 Å². The highest BCUT2D eigenvalue weighted by molar-refractivity contribution is 5.81. The lowest BCUT2D eigenvalue weighted by molar-refractivity contribution is -0.120. The molecule has 6 nitrogen and oxygen atoms in total. The van der Waals surface area contributed by atoms with Crippen LogP contribution in [0.3, 0.4) is 0 Å². The highest BCUT2D eigenvalue weighted by Gasteiger charge is 2.23. The number of hydrogen-bond donors (Lipinski definition) is 3. The van der Waals surface area contributed by atoms with Crippen LogP contribution < -0.4 is 16.0 Å². The lowest BCUT2D eigenvalue weighted by atomic mass is 10.1. The monoisotopic (exact) mass is 359 g/mol. The van der Waals surface area contributed by atoms with E-state index in [1.54, 1.807) is 7.05 Å². The fraction of sp³-hybridized carbons (Fsp3) is 0.600. The lowest BCUT2D eigenvalue weighted by Crippen LogP contribution is -2.43. The van der Waals surface area contributed by atoms with Gasteiger partial charge in [-0.15, -0.1) is 0 Å². The van der Waals surface area contributed by atoms with E-state index in [1.807, 2.05) is 6.92 Å². The van der Waals surface area contributed by atoms with Crippen molar-refractivity contribution in [2.24, 2.45) is 4.99 Å². The van der Waals surface area contributed by atoms with E-state index >= 15 is 0 Å². The molecule has 1 fully saturated rings. The Labute approximate surface area is 157 Å². The van der Waals surface area contributed by atoms with E-state index in [4.69, 9.17) is 0 Å². The predicted molar refractivity (Wildman–Crippen MR) is 107 cm³/mol. The molecule has 3 N–H and O–H groups in total. The van der Waals surface area contributed by atoms with Crippen LogP contribution in [0, 0.1) is 0 Å². The molecule has 1 aromatic rings. The second kappa shape index (κ2) is 11.5.